The summed E-state index contributed by atoms with van der Waals surface area (Å²) < 4.78 is 21.0. The van der Waals surface area contributed by atoms with Gasteiger partial charge in [-0.15, -0.1) is 12.4 Å². The van der Waals surface area contributed by atoms with Crippen LogP contribution >= 0.6 is 20.0 Å². The Hall–Kier alpha value is -0.130. The lowest BCUT2D eigenvalue weighted by atomic mass is 10.0. The first-order valence-corrected chi connectivity index (χ1v) is 6.81. The van der Waals surface area contributed by atoms with E-state index in [1.54, 1.807) is 0 Å². The number of hydrogen-bond acceptors (Lipinski definition) is 5. The second-order valence-electron chi connectivity index (χ2n) is 3.91. The lowest BCUT2D eigenvalue weighted by Gasteiger charge is -2.17. The van der Waals surface area contributed by atoms with E-state index in [1.165, 1.54) is 14.2 Å². The van der Waals surface area contributed by atoms with Crippen LogP contribution in [0.4, 0.5) is 0 Å². The van der Waals surface area contributed by atoms with Crippen LogP contribution in [0.25, 0.3) is 0 Å². The molecule has 0 aliphatic heterocycles. The van der Waals surface area contributed by atoms with Crippen LogP contribution in [0.1, 0.15) is 20.3 Å². The minimum absolute atomic E-state index is 0. The van der Waals surface area contributed by atoms with Crippen LogP contribution in [0.5, 0.6) is 0 Å². The van der Waals surface area contributed by atoms with Crippen LogP contribution in [-0.4, -0.2) is 32.5 Å². The fourth-order valence-corrected chi connectivity index (χ4v) is 1.88. The number of carbonyl (C=O) groups excluding carboxylic acids is 1. The molecular weight excluding hydrogens is 267 g/mol. The smallest absolute Gasteiger partial charge is 0.343 e. The minimum atomic E-state index is -3.20. The zero-order chi connectivity index (χ0) is 12.8. The highest BCUT2D eigenvalue weighted by Gasteiger charge is 2.23. The van der Waals surface area contributed by atoms with Gasteiger partial charge >= 0.3 is 7.60 Å². The molecule has 0 radical (unpaired) electrons. The first-order chi connectivity index (χ1) is 7.34. The minimum Gasteiger partial charge on any atom is -0.343 e. The molecule has 1 amide bonds. The largest absolute Gasteiger partial charge is 0.349 e. The van der Waals surface area contributed by atoms with Gasteiger partial charge in [0.1, 0.15) is 6.29 Å². The molecule has 0 aromatic rings. The SMILES string of the molecule is COP(=O)(CNC(=O)[C@@H](N)CC(C)C)OC.Cl. The normalized spacial score (nSPS) is 13.1. The zero-order valence-corrected chi connectivity index (χ0v) is 12.3. The van der Waals surface area contributed by atoms with Crippen LogP contribution in [0.15, 0.2) is 0 Å². The standard InChI is InChI=1S/C9H21N2O4P.ClH/c1-7(2)5-8(10)9(12)11-6-16(13,14-3)15-4;/h7-8H,5-6,10H2,1-4H3,(H,11,12);1H/t8-;/m0./s1. The summed E-state index contributed by atoms with van der Waals surface area (Å²) in [4.78, 5) is 11.5. The number of hydrogen-bond donors (Lipinski definition) is 2. The van der Waals surface area contributed by atoms with Crippen LogP contribution in [-0.2, 0) is 18.4 Å². The molecule has 0 aromatic heterocycles. The van der Waals surface area contributed by atoms with Gasteiger partial charge < -0.3 is 20.1 Å². The molecule has 1 atom stereocenters. The van der Waals surface area contributed by atoms with Crippen molar-refractivity contribution < 1.29 is 18.4 Å². The Morgan fingerprint density at radius 3 is 2.18 bits per heavy atom. The van der Waals surface area contributed by atoms with Crippen molar-refractivity contribution in [3.05, 3.63) is 0 Å². The summed E-state index contributed by atoms with van der Waals surface area (Å²) in [6, 6.07) is -0.595. The van der Waals surface area contributed by atoms with E-state index >= 15 is 0 Å². The van der Waals surface area contributed by atoms with Crippen molar-refractivity contribution in [1.29, 1.82) is 0 Å². The predicted molar refractivity (Wildman–Crippen MR) is 69.3 cm³/mol. The van der Waals surface area contributed by atoms with Gasteiger partial charge in [0.15, 0.2) is 0 Å². The fourth-order valence-electron chi connectivity index (χ4n) is 1.12. The molecule has 0 aliphatic carbocycles. The third-order valence-electron chi connectivity index (χ3n) is 2.07. The topological polar surface area (TPSA) is 90.7 Å². The van der Waals surface area contributed by atoms with Gasteiger partial charge in [0.05, 0.1) is 6.04 Å². The Bertz CT molecular complexity index is 268. The average Bonchev–Trinajstić information content (AvgIpc) is 2.24. The Balaban J connectivity index is 0. The molecule has 8 heteroatoms. The van der Waals surface area contributed by atoms with Crippen molar-refractivity contribution in [1.82, 2.24) is 5.32 Å². The number of amides is 1. The third kappa shape index (κ3) is 7.73. The number of nitrogens with one attached hydrogen (secondary N) is 1. The molecule has 0 aromatic carbocycles. The Labute approximate surface area is 109 Å². The van der Waals surface area contributed by atoms with E-state index in [0.717, 1.165) is 0 Å². The summed E-state index contributed by atoms with van der Waals surface area (Å²) in [7, 11) is -0.660. The van der Waals surface area contributed by atoms with Crippen LogP contribution in [0.2, 0.25) is 0 Å². The molecule has 0 spiro atoms. The molecule has 0 rings (SSSR count). The van der Waals surface area contributed by atoms with E-state index < -0.39 is 13.6 Å². The van der Waals surface area contributed by atoms with Crippen molar-refractivity contribution in [3.63, 3.8) is 0 Å². The molecule has 0 bridgehead atoms. The molecular formula is C9H22ClN2O4P. The van der Waals surface area contributed by atoms with Crippen LogP contribution < -0.4 is 11.1 Å². The highest BCUT2D eigenvalue weighted by Crippen LogP contribution is 2.44. The first-order valence-electron chi connectivity index (χ1n) is 5.08. The second-order valence-corrected chi connectivity index (χ2v) is 6.18. The molecule has 0 aliphatic rings. The van der Waals surface area contributed by atoms with Gasteiger partial charge in [0.25, 0.3) is 0 Å². The lowest BCUT2D eigenvalue weighted by Crippen LogP contribution is -2.41. The van der Waals surface area contributed by atoms with Gasteiger partial charge in [0.2, 0.25) is 5.91 Å². The van der Waals surface area contributed by atoms with Gasteiger partial charge in [0, 0.05) is 14.2 Å². The van der Waals surface area contributed by atoms with E-state index in [4.69, 9.17) is 5.73 Å². The highest BCUT2D eigenvalue weighted by atomic mass is 35.5. The van der Waals surface area contributed by atoms with E-state index in [-0.39, 0.29) is 24.6 Å². The van der Waals surface area contributed by atoms with Crippen molar-refractivity contribution in [2.24, 2.45) is 11.7 Å². The average molecular weight is 289 g/mol. The monoisotopic (exact) mass is 288 g/mol. The van der Waals surface area contributed by atoms with E-state index in [9.17, 15) is 9.36 Å². The molecule has 17 heavy (non-hydrogen) atoms. The molecule has 0 saturated heterocycles. The summed E-state index contributed by atoms with van der Waals surface area (Å²) >= 11 is 0. The maximum Gasteiger partial charge on any atom is 0.349 e. The molecule has 3 N–H and O–H groups in total. The van der Waals surface area contributed by atoms with Gasteiger partial charge in [-0.25, -0.2) is 0 Å². The highest BCUT2D eigenvalue weighted by molar-refractivity contribution is 7.53. The van der Waals surface area contributed by atoms with Crippen molar-refractivity contribution in [3.8, 4) is 0 Å². The van der Waals surface area contributed by atoms with Crippen molar-refractivity contribution in [2.45, 2.75) is 26.3 Å². The zero-order valence-electron chi connectivity index (χ0n) is 10.6. The van der Waals surface area contributed by atoms with Crippen molar-refractivity contribution in [2.75, 3.05) is 20.5 Å². The molecule has 0 saturated carbocycles. The van der Waals surface area contributed by atoms with Gasteiger partial charge in [-0.05, 0) is 12.3 Å². The number of halogens is 1. The lowest BCUT2D eigenvalue weighted by molar-refractivity contribution is -0.122. The summed E-state index contributed by atoms with van der Waals surface area (Å²) in [5.41, 5.74) is 5.65. The van der Waals surface area contributed by atoms with Gasteiger partial charge in [-0.3, -0.25) is 9.36 Å². The molecule has 0 heterocycles. The number of nitrogens with two attached hydrogens (primary N) is 1. The maximum absolute atomic E-state index is 11.6. The summed E-state index contributed by atoms with van der Waals surface area (Å²) in [6.07, 6.45) is 0.417. The molecule has 0 unspecified atom stereocenters. The van der Waals surface area contributed by atoms with Gasteiger partial charge in [-0.1, -0.05) is 13.8 Å². The van der Waals surface area contributed by atoms with Crippen molar-refractivity contribution >= 4 is 25.9 Å². The maximum atomic E-state index is 11.6. The van der Waals surface area contributed by atoms with Crippen LogP contribution in [0.3, 0.4) is 0 Å². The Kier molecular flexibility index (Phi) is 10.0. The number of carbonyl (C=O) groups is 1. The Morgan fingerprint density at radius 2 is 1.82 bits per heavy atom. The third-order valence-corrected chi connectivity index (χ3v) is 3.72. The Morgan fingerprint density at radius 1 is 1.35 bits per heavy atom. The molecule has 104 valence electrons. The van der Waals surface area contributed by atoms with E-state index in [1.807, 2.05) is 13.8 Å². The van der Waals surface area contributed by atoms with E-state index in [2.05, 4.69) is 14.4 Å². The fraction of sp³-hybridized carbons (Fsp3) is 0.889. The molecule has 0 fully saturated rings. The number of rotatable bonds is 7. The summed E-state index contributed by atoms with van der Waals surface area (Å²) in [6.45, 7) is 3.95. The first kappa shape index (κ1) is 19.2. The predicted octanol–water partition coefficient (Wildman–Crippen LogP) is 1.34. The van der Waals surface area contributed by atoms with Gasteiger partial charge in [-0.2, -0.15) is 0 Å². The quantitative estimate of drug-likeness (QED) is 0.690. The van der Waals surface area contributed by atoms with E-state index in [0.29, 0.717) is 12.3 Å². The second kappa shape index (κ2) is 8.89. The summed E-state index contributed by atoms with van der Waals surface area (Å²) in [5.74, 6) is -0.0135. The molecule has 6 nitrogen and oxygen atoms in total. The summed E-state index contributed by atoms with van der Waals surface area (Å²) in [5, 5.41) is 2.45. The van der Waals surface area contributed by atoms with Crippen LogP contribution in [0, 0.1) is 5.92 Å².